The molecule has 0 fully saturated rings. The summed E-state index contributed by atoms with van der Waals surface area (Å²) in [5.74, 6) is -1.77. The molecule has 0 amide bonds. The van der Waals surface area contributed by atoms with Crippen LogP contribution in [-0.2, 0) is 9.47 Å². The third kappa shape index (κ3) is 4.83. The maximum absolute atomic E-state index is 11.7. The number of carboxylic acids is 1. The number of unbranched alkanes of at least 4 members (excludes halogenated alkanes) is 1. The van der Waals surface area contributed by atoms with E-state index in [1.807, 2.05) is 0 Å². The van der Waals surface area contributed by atoms with Gasteiger partial charge in [-0.15, -0.1) is 0 Å². The first-order valence-corrected chi connectivity index (χ1v) is 5.88. The first-order chi connectivity index (χ1) is 9.16. The molecule has 1 N–H and O–H groups in total. The molecule has 0 aliphatic carbocycles. The van der Waals surface area contributed by atoms with Crippen molar-refractivity contribution >= 4 is 11.9 Å². The van der Waals surface area contributed by atoms with Crippen LogP contribution in [0.25, 0.3) is 0 Å². The Hall–Kier alpha value is -2.30. The molecular weight excluding hydrogens is 248 g/mol. The van der Waals surface area contributed by atoms with Gasteiger partial charge in [0.15, 0.2) is 0 Å². The molecule has 0 unspecified atom stereocenters. The van der Waals surface area contributed by atoms with Crippen molar-refractivity contribution in [2.24, 2.45) is 0 Å². The monoisotopic (exact) mass is 264 g/mol. The molecule has 5 nitrogen and oxygen atoms in total. The smallest absolute Gasteiger partial charge is 0.339 e. The Morgan fingerprint density at radius 1 is 1.16 bits per heavy atom. The predicted octanol–water partition coefficient (Wildman–Crippen LogP) is 2.48. The largest absolute Gasteiger partial charge is 0.502 e. The summed E-state index contributed by atoms with van der Waals surface area (Å²) in [6.45, 7) is 4.16. The van der Waals surface area contributed by atoms with E-state index in [2.05, 4.69) is 6.58 Å². The van der Waals surface area contributed by atoms with E-state index in [4.69, 9.17) is 14.6 Å². The van der Waals surface area contributed by atoms with Crippen LogP contribution in [0.1, 0.15) is 33.6 Å². The molecule has 1 aromatic carbocycles. The van der Waals surface area contributed by atoms with E-state index in [0.717, 1.165) is 6.42 Å². The Bertz CT molecular complexity index is 453. The second-order valence-corrected chi connectivity index (χ2v) is 3.73. The first-order valence-electron chi connectivity index (χ1n) is 5.88. The molecule has 0 saturated carbocycles. The maximum atomic E-state index is 11.7. The van der Waals surface area contributed by atoms with Crippen LogP contribution >= 0.6 is 0 Å². The molecule has 1 rings (SSSR count). The van der Waals surface area contributed by atoms with Crippen LogP contribution in [0, 0.1) is 0 Å². The number of ether oxygens (including phenoxy) is 2. The van der Waals surface area contributed by atoms with Crippen molar-refractivity contribution in [3.8, 4) is 0 Å². The molecule has 0 aliphatic heterocycles. The van der Waals surface area contributed by atoms with Gasteiger partial charge in [0.05, 0.1) is 30.6 Å². The van der Waals surface area contributed by atoms with Gasteiger partial charge in [-0.3, -0.25) is 0 Å². The van der Waals surface area contributed by atoms with Crippen molar-refractivity contribution < 1.29 is 24.2 Å². The van der Waals surface area contributed by atoms with E-state index in [9.17, 15) is 9.59 Å². The normalized spacial score (nSPS) is 9.68. The average molecular weight is 264 g/mol. The van der Waals surface area contributed by atoms with Crippen molar-refractivity contribution in [2.45, 2.75) is 12.8 Å². The molecule has 0 saturated heterocycles. The highest BCUT2D eigenvalue weighted by Crippen LogP contribution is 2.10. The van der Waals surface area contributed by atoms with E-state index in [0.29, 0.717) is 13.0 Å². The van der Waals surface area contributed by atoms with Crippen LogP contribution in [0.2, 0.25) is 0 Å². The number of benzene rings is 1. The molecule has 0 atom stereocenters. The Morgan fingerprint density at radius 3 is 2.42 bits per heavy atom. The molecule has 5 heteroatoms. The van der Waals surface area contributed by atoms with Gasteiger partial charge in [0.25, 0.3) is 0 Å². The maximum Gasteiger partial charge on any atom is 0.339 e. The van der Waals surface area contributed by atoms with Crippen LogP contribution in [0.4, 0.5) is 0 Å². The molecule has 0 spiro atoms. The summed E-state index contributed by atoms with van der Waals surface area (Å²) in [6.07, 6.45) is 2.74. The molecule has 0 radical (unpaired) electrons. The minimum absolute atomic E-state index is 0.0532. The van der Waals surface area contributed by atoms with Gasteiger partial charge in [-0.1, -0.05) is 18.7 Å². The van der Waals surface area contributed by atoms with Gasteiger partial charge in [0.2, 0.25) is 0 Å². The highest BCUT2D eigenvalue weighted by molar-refractivity contribution is 6.02. The highest BCUT2D eigenvalue weighted by atomic mass is 16.5. The highest BCUT2D eigenvalue weighted by Gasteiger charge is 2.16. The average Bonchev–Trinajstić information content (AvgIpc) is 2.42. The van der Waals surface area contributed by atoms with Gasteiger partial charge < -0.3 is 14.6 Å². The third-order valence-corrected chi connectivity index (χ3v) is 2.38. The molecule has 0 bridgehead atoms. The lowest BCUT2D eigenvalue weighted by Crippen LogP contribution is -2.12. The zero-order chi connectivity index (χ0) is 14.1. The summed E-state index contributed by atoms with van der Waals surface area (Å²) in [7, 11) is 0. The van der Waals surface area contributed by atoms with E-state index >= 15 is 0 Å². The van der Waals surface area contributed by atoms with Crippen molar-refractivity contribution in [3.05, 3.63) is 48.2 Å². The van der Waals surface area contributed by atoms with Gasteiger partial charge in [0.1, 0.15) is 0 Å². The summed E-state index contributed by atoms with van der Waals surface area (Å²) in [6, 6.07) is 5.97. The predicted molar refractivity (Wildman–Crippen MR) is 69.1 cm³/mol. The fourth-order valence-corrected chi connectivity index (χ4v) is 1.46. The molecular formula is C14H16O5. The first kappa shape index (κ1) is 14.8. The van der Waals surface area contributed by atoms with Crippen molar-refractivity contribution in [3.63, 3.8) is 0 Å². The second-order valence-electron chi connectivity index (χ2n) is 3.73. The molecule has 19 heavy (non-hydrogen) atoms. The number of carbonyl (C=O) groups is 2. The van der Waals surface area contributed by atoms with Gasteiger partial charge in [-0.05, 0) is 25.0 Å². The molecule has 0 aliphatic rings. The van der Waals surface area contributed by atoms with Crippen molar-refractivity contribution in [2.75, 3.05) is 13.2 Å². The van der Waals surface area contributed by atoms with Gasteiger partial charge in [0, 0.05) is 0 Å². The molecule has 1 aromatic rings. The number of carbonyl (C=O) groups excluding carboxylic acids is 1. The van der Waals surface area contributed by atoms with Crippen molar-refractivity contribution in [1.29, 1.82) is 0 Å². The number of rotatable bonds is 8. The SMILES string of the molecule is C=COCCCCOC(=O)c1ccccc1C(=O)O. The quantitative estimate of drug-likeness (QED) is 0.443. The van der Waals surface area contributed by atoms with Gasteiger partial charge in [-0.25, -0.2) is 9.59 Å². The molecule has 0 heterocycles. The Labute approximate surface area is 111 Å². The number of carboxylic acid groups (broad SMARTS) is 1. The minimum Gasteiger partial charge on any atom is -0.502 e. The Balaban J connectivity index is 2.45. The number of esters is 1. The van der Waals surface area contributed by atoms with Gasteiger partial charge in [-0.2, -0.15) is 0 Å². The summed E-state index contributed by atoms with van der Waals surface area (Å²) >= 11 is 0. The van der Waals surface area contributed by atoms with E-state index in [1.165, 1.54) is 18.4 Å². The summed E-state index contributed by atoms with van der Waals surface area (Å²) in [4.78, 5) is 22.7. The summed E-state index contributed by atoms with van der Waals surface area (Å²) in [5, 5.41) is 8.95. The topological polar surface area (TPSA) is 72.8 Å². The standard InChI is InChI=1S/C14H16O5/c1-2-18-9-5-6-10-19-14(17)12-8-4-3-7-11(12)13(15)16/h2-4,7-8H,1,5-6,9-10H2,(H,15,16). The van der Waals surface area contributed by atoms with Crippen molar-refractivity contribution in [1.82, 2.24) is 0 Å². The lowest BCUT2D eigenvalue weighted by Gasteiger charge is -2.07. The van der Waals surface area contributed by atoms with Crippen LogP contribution < -0.4 is 0 Å². The third-order valence-electron chi connectivity index (χ3n) is 2.38. The molecule has 0 aromatic heterocycles. The van der Waals surface area contributed by atoms with Crippen LogP contribution in [0.3, 0.4) is 0 Å². The number of hydrogen-bond acceptors (Lipinski definition) is 4. The summed E-state index contributed by atoms with van der Waals surface area (Å²) < 4.78 is 9.94. The van der Waals surface area contributed by atoms with Gasteiger partial charge >= 0.3 is 11.9 Å². The second kappa shape index (κ2) is 7.92. The van der Waals surface area contributed by atoms with E-state index in [1.54, 1.807) is 12.1 Å². The zero-order valence-electron chi connectivity index (χ0n) is 10.5. The van der Waals surface area contributed by atoms with Crippen LogP contribution in [0.15, 0.2) is 37.1 Å². The van der Waals surface area contributed by atoms with E-state index in [-0.39, 0.29) is 17.7 Å². The Morgan fingerprint density at radius 2 is 1.79 bits per heavy atom. The lowest BCUT2D eigenvalue weighted by molar-refractivity contribution is 0.0482. The number of hydrogen-bond donors (Lipinski definition) is 1. The lowest BCUT2D eigenvalue weighted by atomic mass is 10.1. The Kier molecular flexibility index (Phi) is 6.15. The fraction of sp³-hybridized carbons (Fsp3) is 0.286. The summed E-state index contributed by atoms with van der Waals surface area (Å²) in [5.41, 5.74) is 0.0137. The fourth-order valence-electron chi connectivity index (χ4n) is 1.46. The molecule has 102 valence electrons. The minimum atomic E-state index is -1.15. The number of aromatic carboxylic acids is 1. The van der Waals surface area contributed by atoms with Crippen LogP contribution in [-0.4, -0.2) is 30.3 Å². The zero-order valence-corrected chi connectivity index (χ0v) is 10.5. The van der Waals surface area contributed by atoms with Crippen LogP contribution in [0.5, 0.6) is 0 Å². The van der Waals surface area contributed by atoms with E-state index < -0.39 is 11.9 Å².